The van der Waals surface area contributed by atoms with Crippen LogP contribution >= 0.6 is 0 Å². The van der Waals surface area contributed by atoms with Gasteiger partial charge in [-0.2, -0.15) is 0 Å². The van der Waals surface area contributed by atoms with Crippen molar-refractivity contribution in [3.8, 4) is 11.5 Å². The molecule has 7 nitrogen and oxygen atoms in total. The zero-order valence-corrected chi connectivity index (χ0v) is 11.3. The molecule has 0 saturated carbocycles. The van der Waals surface area contributed by atoms with Gasteiger partial charge in [0.1, 0.15) is 12.6 Å². The summed E-state index contributed by atoms with van der Waals surface area (Å²) in [5, 5.41) is 5.24. The molecule has 1 aromatic carbocycles. The molecule has 20 heavy (non-hydrogen) atoms. The molecule has 108 valence electrons. The van der Waals surface area contributed by atoms with E-state index in [0.717, 1.165) is 0 Å². The zero-order valence-electron chi connectivity index (χ0n) is 11.3. The molecule has 2 N–H and O–H groups in total. The highest BCUT2D eigenvalue weighted by Gasteiger charge is 2.25. The number of carbonyl (C=O) groups excluding carboxylic acids is 2. The number of hydrogen-bond acceptors (Lipinski definition) is 5. The summed E-state index contributed by atoms with van der Waals surface area (Å²) < 4.78 is 15.3. The van der Waals surface area contributed by atoms with Crippen molar-refractivity contribution < 1.29 is 23.8 Å². The van der Waals surface area contributed by atoms with Gasteiger partial charge >= 0.3 is 0 Å². The number of methoxy groups -OCH3 is 2. The van der Waals surface area contributed by atoms with Gasteiger partial charge in [0.2, 0.25) is 11.8 Å². The Labute approximate surface area is 116 Å². The van der Waals surface area contributed by atoms with Gasteiger partial charge in [-0.25, -0.2) is 0 Å². The summed E-state index contributed by atoms with van der Waals surface area (Å²) in [6.45, 7) is 0.144. The predicted molar refractivity (Wildman–Crippen MR) is 70.9 cm³/mol. The number of hydrogen-bond donors (Lipinski definition) is 2. The van der Waals surface area contributed by atoms with E-state index in [-0.39, 0.29) is 25.0 Å². The number of benzene rings is 1. The van der Waals surface area contributed by atoms with Crippen LogP contribution in [0, 0.1) is 0 Å². The molecule has 2 amide bonds. The van der Waals surface area contributed by atoms with Crippen LogP contribution in [0.25, 0.3) is 0 Å². The summed E-state index contributed by atoms with van der Waals surface area (Å²) in [5.74, 6) is 0.433. The van der Waals surface area contributed by atoms with Crippen LogP contribution in [-0.2, 0) is 14.3 Å². The molecule has 1 aliphatic rings. The van der Waals surface area contributed by atoms with Gasteiger partial charge in [0.05, 0.1) is 20.8 Å². The standard InChI is InChI=1S/C13H16N2O5/c1-18-10-4-3-8(5-11(10)19-2)14-13(17)9-6-20-7-12(16)15-9/h3-5,9H,6-7H2,1-2H3,(H,14,17)(H,15,16). The van der Waals surface area contributed by atoms with E-state index in [1.165, 1.54) is 14.2 Å². The minimum atomic E-state index is -0.690. The van der Waals surface area contributed by atoms with Gasteiger partial charge in [0, 0.05) is 11.8 Å². The molecule has 1 unspecified atom stereocenters. The molecule has 1 aromatic rings. The normalized spacial score (nSPS) is 18.1. The van der Waals surface area contributed by atoms with Gasteiger partial charge < -0.3 is 24.8 Å². The minimum absolute atomic E-state index is 0.0138. The van der Waals surface area contributed by atoms with Crippen molar-refractivity contribution >= 4 is 17.5 Å². The molecular weight excluding hydrogens is 264 g/mol. The van der Waals surface area contributed by atoms with E-state index in [1.807, 2.05) is 0 Å². The SMILES string of the molecule is COc1ccc(NC(=O)C2COCC(=O)N2)cc1OC. The highest BCUT2D eigenvalue weighted by molar-refractivity contribution is 5.98. The third-order valence-corrected chi connectivity index (χ3v) is 2.82. The van der Waals surface area contributed by atoms with Crippen LogP contribution in [-0.4, -0.2) is 45.3 Å². The number of ether oxygens (including phenoxy) is 3. The Morgan fingerprint density at radius 2 is 2.10 bits per heavy atom. The molecule has 0 bridgehead atoms. The number of nitrogens with one attached hydrogen (secondary N) is 2. The molecule has 0 aliphatic carbocycles. The van der Waals surface area contributed by atoms with Crippen LogP contribution in [0.1, 0.15) is 0 Å². The van der Waals surface area contributed by atoms with Gasteiger partial charge in [-0.3, -0.25) is 9.59 Å². The Bertz CT molecular complexity index is 517. The fourth-order valence-electron chi connectivity index (χ4n) is 1.83. The summed E-state index contributed by atoms with van der Waals surface area (Å²) in [4.78, 5) is 23.2. The second kappa shape index (κ2) is 6.25. The number of amides is 2. The molecule has 1 fully saturated rings. The van der Waals surface area contributed by atoms with Gasteiger partial charge in [-0.15, -0.1) is 0 Å². The zero-order chi connectivity index (χ0) is 14.5. The summed E-state index contributed by atoms with van der Waals surface area (Å²) >= 11 is 0. The Kier molecular flexibility index (Phi) is 4.41. The fourth-order valence-corrected chi connectivity index (χ4v) is 1.83. The number of rotatable bonds is 4. The van der Waals surface area contributed by atoms with E-state index in [9.17, 15) is 9.59 Å². The average molecular weight is 280 g/mol. The molecule has 7 heteroatoms. The molecule has 0 aromatic heterocycles. The molecular formula is C13H16N2O5. The molecule has 1 atom stereocenters. The smallest absolute Gasteiger partial charge is 0.249 e. The Morgan fingerprint density at radius 3 is 2.75 bits per heavy atom. The second-order valence-corrected chi connectivity index (χ2v) is 4.19. The monoisotopic (exact) mass is 280 g/mol. The molecule has 2 rings (SSSR count). The van der Waals surface area contributed by atoms with Crippen molar-refractivity contribution in [3.63, 3.8) is 0 Å². The first-order valence-electron chi connectivity index (χ1n) is 6.04. The number of morpholine rings is 1. The first-order valence-corrected chi connectivity index (χ1v) is 6.04. The minimum Gasteiger partial charge on any atom is -0.493 e. The van der Waals surface area contributed by atoms with Crippen molar-refractivity contribution in [1.29, 1.82) is 0 Å². The summed E-state index contributed by atoms with van der Waals surface area (Å²) in [5.41, 5.74) is 0.549. The Hall–Kier alpha value is -2.28. The molecule has 0 radical (unpaired) electrons. The van der Waals surface area contributed by atoms with Crippen molar-refractivity contribution in [3.05, 3.63) is 18.2 Å². The van der Waals surface area contributed by atoms with Crippen LogP contribution in [0.4, 0.5) is 5.69 Å². The lowest BCUT2D eigenvalue weighted by Crippen LogP contribution is -2.51. The van der Waals surface area contributed by atoms with E-state index >= 15 is 0 Å². The van der Waals surface area contributed by atoms with Gasteiger partial charge in [0.15, 0.2) is 11.5 Å². The van der Waals surface area contributed by atoms with Crippen molar-refractivity contribution in [2.24, 2.45) is 0 Å². The molecule has 1 heterocycles. The predicted octanol–water partition coefficient (Wildman–Crippen LogP) is 0.157. The summed E-state index contributed by atoms with van der Waals surface area (Å²) in [7, 11) is 3.05. The maximum atomic E-state index is 12.0. The first kappa shape index (κ1) is 14.1. The van der Waals surface area contributed by atoms with Crippen LogP contribution in [0.15, 0.2) is 18.2 Å². The lowest BCUT2D eigenvalue weighted by molar-refractivity contribution is -0.136. The van der Waals surface area contributed by atoms with Gasteiger partial charge in [-0.1, -0.05) is 0 Å². The topological polar surface area (TPSA) is 85.9 Å². The number of carbonyl (C=O) groups is 2. The van der Waals surface area contributed by atoms with Crippen LogP contribution in [0.3, 0.4) is 0 Å². The second-order valence-electron chi connectivity index (χ2n) is 4.19. The third-order valence-electron chi connectivity index (χ3n) is 2.82. The lowest BCUT2D eigenvalue weighted by atomic mass is 10.2. The summed E-state index contributed by atoms with van der Waals surface area (Å²) in [6, 6.07) is 4.32. The average Bonchev–Trinajstić information content (AvgIpc) is 2.47. The quantitative estimate of drug-likeness (QED) is 0.820. The molecule has 0 spiro atoms. The number of anilines is 1. The van der Waals surface area contributed by atoms with E-state index in [4.69, 9.17) is 14.2 Å². The van der Waals surface area contributed by atoms with Crippen LogP contribution in [0.2, 0.25) is 0 Å². The Balaban J connectivity index is 2.05. The third kappa shape index (κ3) is 3.18. The van der Waals surface area contributed by atoms with E-state index in [2.05, 4.69) is 10.6 Å². The van der Waals surface area contributed by atoms with Crippen molar-refractivity contribution in [2.75, 3.05) is 32.8 Å². The first-order chi connectivity index (χ1) is 9.63. The lowest BCUT2D eigenvalue weighted by Gasteiger charge is -2.22. The van der Waals surface area contributed by atoms with E-state index in [0.29, 0.717) is 17.2 Å². The summed E-state index contributed by atoms with van der Waals surface area (Å²) in [6.07, 6.45) is 0. The Morgan fingerprint density at radius 1 is 1.35 bits per heavy atom. The van der Waals surface area contributed by atoms with Crippen LogP contribution < -0.4 is 20.1 Å². The largest absolute Gasteiger partial charge is 0.493 e. The van der Waals surface area contributed by atoms with E-state index < -0.39 is 6.04 Å². The highest BCUT2D eigenvalue weighted by atomic mass is 16.5. The molecule has 1 aliphatic heterocycles. The maximum absolute atomic E-state index is 12.0. The maximum Gasteiger partial charge on any atom is 0.249 e. The van der Waals surface area contributed by atoms with Crippen molar-refractivity contribution in [2.45, 2.75) is 6.04 Å². The van der Waals surface area contributed by atoms with Gasteiger partial charge in [0.25, 0.3) is 0 Å². The highest BCUT2D eigenvalue weighted by Crippen LogP contribution is 2.29. The fraction of sp³-hybridized carbons (Fsp3) is 0.385. The van der Waals surface area contributed by atoms with E-state index in [1.54, 1.807) is 18.2 Å². The van der Waals surface area contributed by atoms with Crippen LogP contribution in [0.5, 0.6) is 11.5 Å². The van der Waals surface area contributed by atoms with Crippen molar-refractivity contribution in [1.82, 2.24) is 5.32 Å². The molecule has 1 saturated heterocycles. The van der Waals surface area contributed by atoms with Gasteiger partial charge in [-0.05, 0) is 12.1 Å².